The number of nitrogens with one attached hydrogen (secondary N) is 1. The van der Waals surface area contributed by atoms with E-state index in [1.54, 1.807) is 18.2 Å². The van der Waals surface area contributed by atoms with Crippen LogP contribution in [0.15, 0.2) is 30.3 Å². The minimum atomic E-state index is -0.504. The minimum absolute atomic E-state index is 0.0656. The van der Waals surface area contributed by atoms with Gasteiger partial charge in [0.05, 0.1) is 30.6 Å². The van der Waals surface area contributed by atoms with Gasteiger partial charge in [0.2, 0.25) is 0 Å². The number of nitrogens with two attached hydrogens (primary N) is 1. The van der Waals surface area contributed by atoms with Crippen molar-refractivity contribution in [1.82, 2.24) is 0 Å². The van der Waals surface area contributed by atoms with Gasteiger partial charge in [-0.05, 0) is 18.2 Å². The molecule has 0 fully saturated rings. The summed E-state index contributed by atoms with van der Waals surface area (Å²) in [5, 5.41) is 3.07. The number of benzene rings is 2. The highest BCUT2D eigenvalue weighted by Crippen LogP contribution is 2.36. The number of anilines is 3. The third-order valence-corrected chi connectivity index (χ3v) is 3.06. The molecule has 0 spiro atoms. The van der Waals surface area contributed by atoms with Crippen LogP contribution < -0.4 is 20.5 Å². The second-order valence-electron chi connectivity index (χ2n) is 4.05. The van der Waals surface area contributed by atoms with Crippen molar-refractivity contribution in [2.24, 2.45) is 0 Å². The van der Waals surface area contributed by atoms with Crippen LogP contribution in [0.1, 0.15) is 0 Å². The molecule has 106 valence electrons. The van der Waals surface area contributed by atoms with E-state index in [-0.39, 0.29) is 5.02 Å². The van der Waals surface area contributed by atoms with Crippen LogP contribution in [0, 0.1) is 5.82 Å². The fourth-order valence-corrected chi connectivity index (χ4v) is 1.85. The summed E-state index contributed by atoms with van der Waals surface area (Å²) < 4.78 is 23.7. The zero-order chi connectivity index (χ0) is 14.7. The van der Waals surface area contributed by atoms with Gasteiger partial charge < -0.3 is 20.5 Å². The van der Waals surface area contributed by atoms with Crippen LogP contribution in [0.2, 0.25) is 5.02 Å². The summed E-state index contributed by atoms with van der Waals surface area (Å²) in [6.07, 6.45) is 0. The SMILES string of the molecule is COc1cc(N)c(Nc2ccc(Cl)c(F)c2)cc1OC. The summed E-state index contributed by atoms with van der Waals surface area (Å²) in [5.41, 5.74) is 7.50. The van der Waals surface area contributed by atoms with Gasteiger partial charge in [-0.2, -0.15) is 0 Å². The van der Waals surface area contributed by atoms with Crippen LogP contribution in [0.3, 0.4) is 0 Å². The fourth-order valence-electron chi connectivity index (χ4n) is 1.73. The lowest BCUT2D eigenvalue weighted by Gasteiger charge is -2.14. The molecule has 2 aromatic carbocycles. The van der Waals surface area contributed by atoms with Crippen LogP contribution in [-0.4, -0.2) is 14.2 Å². The van der Waals surface area contributed by atoms with Gasteiger partial charge in [0.1, 0.15) is 5.82 Å². The molecule has 3 N–H and O–H groups in total. The molecule has 0 aromatic heterocycles. The topological polar surface area (TPSA) is 56.5 Å². The van der Waals surface area contributed by atoms with Gasteiger partial charge in [-0.25, -0.2) is 4.39 Å². The number of hydrogen-bond acceptors (Lipinski definition) is 4. The summed E-state index contributed by atoms with van der Waals surface area (Å²) in [6, 6.07) is 7.73. The maximum atomic E-state index is 13.4. The standard InChI is InChI=1S/C14H14ClFN2O2/c1-19-13-6-11(17)12(7-14(13)20-2)18-8-3-4-9(15)10(16)5-8/h3-7,18H,17H2,1-2H3. The predicted molar refractivity (Wildman–Crippen MR) is 78.7 cm³/mol. The molecule has 0 unspecified atom stereocenters. The summed E-state index contributed by atoms with van der Waals surface area (Å²) in [5.74, 6) is 0.548. The van der Waals surface area contributed by atoms with E-state index in [9.17, 15) is 4.39 Å². The minimum Gasteiger partial charge on any atom is -0.493 e. The molecule has 6 heteroatoms. The number of ether oxygens (including phenoxy) is 2. The summed E-state index contributed by atoms with van der Waals surface area (Å²) in [7, 11) is 3.05. The molecule has 0 atom stereocenters. The van der Waals surface area contributed by atoms with Crippen LogP contribution in [0.4, 0.5) is 21.5 Å². The lowest BCUT2D eigenvalue weighted by atomic mass is 10.2. The van der Waals surface area contributed by atoms with E-state index in [2.05, 4.69) is 5.32 Å². The van der Waals surface area contributed by atoms with Crippen LogP contribution in [-0.2, 0) is 0 Å². The van der Waals surface area contributed by atoms with E-state index in [1.165, 1.54) is 26.4 Å². The first-order valence-electron chi connectivity index (χ1n) is 5.78. The van der Waals surface area contributed by atoms with Crippen molar-refractivity contribution in [3.05, 3.63) is 41.2 Å². The maximum absolute atomic E-state index is 13.4. The van der Waals surface area contributed by atoms with Gasteiger partial charge in [-0.1, -0.05) is 11.6 Å². The molecular formula is C14H14ClFN2O2. The monoisotopic (exact) mass is 296 g/mol. The number of rotatable bonds is 4. The average Bonchev–Trinajstić information content (AvgIpc) is 2.44. The van der Waals surface area contributed by atoms with E-state index >= 15 is 0 Å². The molecule has 0 aliphatic carbocycles. The lowest BCUT2D eigenvalue weighted by Crippen LogP contribution is -1.99. The van der Waals surface area contributed by atoms with Gasteiger partial charge in [-0.3, -0.25) is 0 Å². The Morgan fingerprint density at radius 3 is 2.35 bits per heavy atom. The first kappa shape index (κ1) is 14.3. The number of methoxy groups -OCH3 is 2. The number of hydrogen-bond donors (Lipinski definition) is 2. The van der Waals surface area contributed by atoms with Gasteiger partial charge in [0, 0.05) is 17.8 Å². The second kappa shape index (κ2) is 5.88. The Morgan fingerprint density at radius 2 is 1.75 bits per heavy atom. The highest BCUT2D eigenvalue weighted by Gasteiger charge is 2.10. The molecule has 0 amide bonds. The van der Waals surface area contributed by atoms with Crippen molar-refractivity contribution < 1.29 is 13.9 Å². The Kier molecular flexibility index (Phi) is 4.20. The molecule has 0 aliphatic heterocycles. The van der Waals surface area contributed by atoms with Crippen molar-refractivity contribution in [1.29, 1.82) is 0 Å². The van der Waals surface area contributed by atoms with E-state index in [0.717, 1.165) is 0 Å². The Hall–Kier alpha value is -2.14. The molecular weight excluding hydrogens is 283 g/mol. The molecule has 0 heterocycles. The Labute approximate surface area is 121 Å². The molecule has 0 radical (unpaired) electrons. The molecule has 0 aliphatic rings. The Bertz CT molecular complexity index is 635. The summed E-state index contributed by atoms with van der Waals surface area (Å²) in [6.45, 7) is 0. The zero-order valence-corrected chi connectivity index (χ0v) is 11.8. The lowest BCUT2D eigenvalue weighted by molar-refractivity contribution is 0.355. The van der Waals surface area contributed by atoms with Crippen molar-refractivity contribution >= 4 is 28.7 Å². The van der Waals surface area contributed by atoms with Crippen molar-refractivity contribution in [3.63, 3.8) is 0 Å². The zero-order valence-electron chi connectivity index (χ0n) is 11.0. The second-order valence-corrected chi connectivity index (χ2v) is 4.46. The molecule has 0 bridgehead atoms. The third-order valence-electron chi connectivity index (χ3n) is 2.75. The highest BCUT2D eigenvalue weighted by atomic mass is 35.5. The van der Waals surface area contributed by atoms with E-state index < -0.39 is 5.82 Å². The summed E-state index contributed by atoms with van der Waals surface area (Å²) >= 11 is 5.64. The quantitative estimate of drug-likeness (QED) is 0.842. The molecule has 0 saturated heterocycles. The number of halogens is 2. The normalized spacial score (nSPS) is 10.2. The average molecular weight is 297 g/mol. The van der Waals surface area contributed by atoms with E-state index in [4.69, 9.17) is 26.8 Å². The van der Waals surface area contributed by atoms with Gasteiger partial charge >= 0.3 is 0 Å². The first-order chi connectivity index (χ1) is 9.55. The predicted octanol–water partition coefficient (Wildman–Crippen LogP) is 3.82. The molecule has 0 saturated carbocycles. The Balaban J connectivity index is 2.35. The molecule has 2 aromatic rings. The molecule has 20 heavy (non-hydrogen) atoms. The van der Waals surface area contributed by atoms with Crippen molar-refractivity contribution in [2.75, 3.05) is 25.3 Å². The van der Waals surface area contributed by atoms with Gasteiger partial charge in [0.25, 0.3) is 0 Å². The van der Waals surface area contributed by atoms with Gasteiger partial charge in [-0.15, -0.1) is 0 Å². The fraction of sp³-hybridized carbons (Fsp3) is 0.143. The first-order valence-corrected chi connectivity index (χ1v) is 6.16. The largest absolute Gasteiger partial charge is 0.493 e. The van der Waals surface area contributed by atoms with Crippen molar-refractivity contribution in [3.8, 4) is 11.5 Å². The van der Waals surface area contributed by atoms with Crippen LogP contribution in [0.5, 0.6) is 11.5 Å². The highest BCUT2D eigenvalue weighted by molar-refractivity contribution is 6.30. The van der Waals surface area contributed by atoms with E-state index in [1.807, 2.05) is 0 Å². The van der Waals surface area contributed by atoms with Crippen LogP contribution in [0.25, 0.3) is 0 Å². The molecule has 4 nitrogen and oxygen atoms in total. The molecule has 2 rings (SSSR count). The Morgan fingerprint density at radius 1 is 1.10 bits per heavy atom. The smallest absolute Gasteiger partial charge is 0.162 e. The number of nitrogen functional groups attached to an aromatic ring is 1. The summed E-state index contributed by atoms with van der Waals surface area (Å²) in [4.78, 5) is 0. The van der Waals surface area contributed by atoms with Crippen molar-refractivity contribution in [2.45, 2.75) is 0 Å². The van der Waals surface area contributed by atoms with Crippen LogP contribution >= 0.6 is 11.6 Å². The van der Waals surface area contributed by atoms with E-state index in [0.29, 0.717) is 28.6 Å². The van der Waals surface area contributed by atoms with Gasteiger partial charge in [0.15, 0.2) is 11.5 Å². The third kappa shape index (κ3) is 2.88. The maximum Gasteiger partial charge on any atom is 0.162 e.